The van der Waals surface area contributed by atoms with Gasteiger partial charge in [0.05, 0.1) is 0 Å². The molecule has 0 heterocycles. The van der Waals surface area contributed by atoms with Crippen molar-refractivity contribution in [3.05, 3.63) is 60.2 Å². The molecule has 2 aromatic rings. The molecule has 0 aliphatic rings. The zero-order valence-electron chi connectivity index (χ0n) is 12.9. The number of fused-ring (bicyclic) bond motifs is 1. The van der Waals surface area contributed by atoms with Gasteiger partial charge in [-0.2, -0.15) is 0 Å². The number of aliphatic carboxylic acids is 1. The van der Waals surface area contributed by atoms with E-state index in [1.807, 2.05) is 18.2 Å². The lowest BCUT2D eigenvalue weighted by atomic mass is 9.73. The molecule has 2 nitrogen and oxygen atoms in total. The summed E-state index contributed by atoms with van der Waals surface area (Å²) >= 11 is 0. The third-order valence-electron chi connectivity index (χ3n) is 4.04. The quantitative estimate of drug-likeness (QED) is 0.826. The van der Waals surface area contributed by atoms with E-state index in [1.54, 1.807) is 0 Å². The Hall–Kier alpha value is -2.09. The van der Waals surface area contributed by atoms with E-state index in [1.165, 1.54) is 16.3 Å². The molecule has 1 N–H and O–H groups in total. The predicted molar refractivity (Wildman–Crippen MR) is 87.4 cm³/mol. The molecule has 0 fully saturated rings. The van der Waals surface area contributed by atoms with Crippen LogP contribution in [0.4, 0.5) is 0 Å². The lowest BCUT2D eigenvalue weighted by Crippen LogP contribution is -2.27. The van der Waals surface area contributed by atoms with E-state index in [2.05, 4.69) is 51.6 Å². The Bertz CT molecular complexity index is 672. The Morgan fingerprint density at radius 3 is 2.38 bits per heavy atom. The first-order valence-corrected chi connectivity index (χ1v) is 7.19. The molecule has 0 bridgehead atoms. The summed E-state index contributed by atoms with van der Waals surface area (Å²) in [6.45, 7) is 10.00. The second-order valence-corrected chi connectivity index (χ2v) is 6.59. The van der Waals surface area contributed by atoms with Crippen LogP contribution in [0.15, 0.2) is 54.6 Å². The van der Waals surface area contributed by atoms with E-state index < -0.39 is 5.97 Å². The summed E-state index contributed by atoms with van der Waals surface area (Å²) in [5, 5.41) is 11.7. The molecule has 0 radical (unpaired) electrons. The third-order valence-corrected chi connectivity index (χ3v) is 4.04. The van der Waals surface area contributed by atoms with Gasteiger partial charge in [-0.3, -0.25) is 0 Å². The summed E-state index contributed by atoms with van der Waals surface area (Å²) in [5.74, 6) is -1.00. The van der Waals surface area contributed by atoms with Crippen LogP contribution in [0.5, 0.6) is 0 Å². The summed E-state index contributed by atoms with van der Waals surface area (Å²) < 4.78 is 0. The monoisotopic (exact) mass is 282 g/mol. The van der Waals surface area contributed by atoms with Gasteiger partial charge in [0.15, 0.2) is 0 Å². The minimum atomic E-state index is -0.907. The Balaban J connectivity index is 2.44. The van der Waals surface area contributed by atoms with Crippen molar-refractivity contribution in [3.63, 3.8) is 0 Å². The van der Waals surface area contributed by atoms with Crippen molar-refractivity contribution >= 4 is 16.7 Å². The molecule has 0 aliphatic carbocycles. The van der Waals surface area contributed by atoms with Gasteiger partial charge in [0.1, 0.15) is 0 Å². The lowest BCUT2D eigenvalue weighted by Gasteiger charge is -2.31. The summed E-state index contributed by atoms with van der Waals surface area (Å²) in [6, 6.07) is 14.4. The van der Waals surface area contributed by atoms with E-state index in [9.17, 15) is 9.90 Å². The van der Waals surface area contributed by atoms with Gasteiger partial charge in [0.25, 0.3) is 0 Å². The molecule has 0 aromatic heterocycles. The van der Waals surface area contributed by atoms with Crippen LogP contribution in [0.2, 0.25) is 0 Å². The maximum absolute atomic E-state index is 11.3. The molecule has 0 saturated heterocycles. The number of hydrogen-bond acceptors (Lipinski definition) is 1. The molecule has 21 heavy (non-hydrogen) atoms. The van der Waals surface area contributed by atoms with E-state index in [0.29, 0.717) is 6.42 Å². The Morgan fingerprint density at radius 1 is 1.14 bits per heavy atom. The number of benzene rings is 2. The van der Waals surface area contributed by atoms with Crippen LogP contribution < -0.4 is 0 Å². The minimum absolute atomic E-state index is 0.0965. The van der Waals surface area contributed by atoms with Crippen LogP contribution in [-0.4, -0.2) is 11.1 Å². The minimum Gasteiger partial charge on any atom is -0.478 e. The van der Waals surface area contributed by atoms with E-state index in [4.69, 9.17) is 0 Å². The van der Waals surface area contributed by atoms with Crippen LogP contribution in [0.1, 0.15) is 26.3 Å². The third kappa shape index (κ3) is 3.33. The van der Waals surface area contributed by atoms with Gasteiger partial charge < -0.3 is 5.11 Å². The van der Waals surface area contributed by atoms with Gasteiger partial charge in [-0.15, -0.1) is 0 Å². The number of carbonyl (C=O) groups is 1. The van der Waals surface area contributed by atoms with E-state index in [-0.39, 0.29) is 16.9 Å². The second-order valence-electron chi connectivity index (χ2n) is 6.59. The van der Waals surface area contributed by atoms with Gasteiger partial charge in [0, 0.05) is 5.57 Å². The summed E-state index contributed by atoms with van der Waals surface area (Å²) in [6.07, 6.45) is 0.690. The van der Waals surface area contributed by atoms with Crippen molar-refractivity contribution in [3.8, 4) is 0 Å². The summed E-state index contributed by atoms with van der Waals surface area (Å²) in [5.41, 5.74) is 1.32. The Kier molecular flexibility index (Phi) is 4.17. The van der Waals surface area contributed by atoms with Gasteiger partial charge in [-0.1, -0.05) is 69.8 Å². The van der Waals surface area contributed by atoms with Gasteiger partial charge in [-0.25, -0.2) is 4.79 Å². The average molecular weight is 282 g/mol. The molecule has 2 heteroatoms. The van der Waals surface area contributed by atoms with Crippen LogP contribution in [0.25, 0.3) is 10.8 Å². The molecule has 1 atom stereocenters. The molecule has 0 saturated carbocycles. The highest BCUT2D eigenvalue weighted by Gasteiger charge is 2.30. The van der Waals surface area contributed by atoms with Crippen molar-refractivity contribution in [2.75, 3.05) is 0 Å². The fourth-order valence-electron chi connectivity index (χ4n) is 2.79. The van der Waals surface area contributed by atoms with Crippen molar-refractivity contribution in [2.45, 2.75) is 27.2 Å². The molecule has 2 aromatic carbocycles. The maximum atomic E-state index is 11.3. The highest BCUT2D eigenvalue weighted by atomic mass is 16.4. The highest BCUT2D eigenvalue weighted by Crippen LogP contribution is 2.35. The van der Waals surface area contributed by atoms with Crippen LogP contribution >= 0.6 is 0 Å². The van der Waals surface area contributed by atoms with Crippen molar-refractivity contribution in [2.24, 2.45) is 11.3 Å². The maximum Gasteiger partial charge on any atom is 0.331 e. The fraction of sp³-hybridized carbons (Fsp3) is 0.316. The number of carboxylic acids is 1. The van der Waals surface area contributed by atoms with Crippen LogP contribution in [-0.2, 0) is 11.2 Å². The second kappa shape index (κ2) is 5.72. The van der Waals surface area contributed by atoms with Crippen molar-refractivity contribution in [1.82, 2.24) is 0 Å². The highest BCUT2D eigenvalue weighted by molar-refractivity contribution is 5.88. The normalized spacial score (nSPS) is 13.1. The first-order chi connectivity index (χ1) is 9.80. The number of carboxylic acid groups (broad SMARTS) is 1. The standard InChI is InChI=1S/C19H22O2/c1-13(18(20)21)17(19(2,3)4)12-15-10-7-9-14-8-5-6-11-16(14)15/h5-11,17H,1,12H2,2-4H3,(H,20,21). The molecule has 0 aliphatic heterocycles. The molecule has 2 rings (SSSR count). The van der Waals surface area contributed by atoms with Gasteiger partial charge >= 0.3 is 5.97 Å². The van der Waals surface area contributed by atoms with E-state index in [0.717, 1.165) is 0 Å². The van der Waals surface area contributed by atoms with Crippen LogP contribution in [0.3, 0.4) is 0 Å². The van der Waals surface area contributed by atoms with Gasteiger partial charge in [0.2, 0.25) is 0 Å². The zero-order chi connectivity index (χ0) is 15.6. The fourth-order valence-corrected chi connectivity index (χ4v) is 2.79. The molecular weight excluding hydrogens is 260 g/mol. The first-order valence-electron chi connectivity index (χ1n) is 7.19. The Labute approximate surface area is 126 Å². The summed E-state index contributed by atoms with van der Waals surface area (Å²) in [7, 11) is 0. The average Bonchev–Trinajstić information content (AvgIpc) is 2.42. The molecular formula is C19H22O2. The van der Waals surface area contributed by atoms with Crippen molar-refractivity contribution < 1.29 is 9.90 Å². The smallest absolute Gasteiger partial charge is 0.331 e. The zero-order valence-corrected chi connectivity index (χ0v) is 12.9. The predicted octanol–water partition coefficient (Wildman–Crippen LogP) is 4.69. The first kappa shape index (κ1) is 15.3. The summed E-state index contributed by atoms with van der Waals surface area (Å²) in [4.78, 5) is 11.3. The molecule has 0 amide bonds. The SMILES string of the molecule is C=C(C(=O)O)C(Cc1cccc2ccccc12)C(C)(C)C. The Morgan fingerprint density at radius 2 is 1.76 bits per heavy atom. The number of rotatable bonds is 4. The van der Waals surface area contributed by atoms with Crippen LogP contribution in [0, 0.1) is 11.3 Å². The van der Waals surface area contributed by atoms with E-state index >= 15 is 0 Å². The topological polar surface area (TPSA) is 37.3 Å². The van der Waals surface area contributed by atoms with Gasteiger partial charge in [-0.05, 0) is 34.1 Å². The largest absolute Gasteiger partial charge is 0.478 e. The molecule has 110 valence electrons. The number of hydrogen-bond donors (Lipinski definition) is 1. The molecule has 0 spiro atoms. The lowest BCUT2D eigenvalue weighted by molar-refractivity contribution is -0.133. The van der Waals surface area contributed by atoms with Crippen molar-refractivity contribution in [1.29, 1.82) is 0 Å². The molecule has 1 unspecified atom stereocenters.